The average molecular weight is 380 g/mol. The van der Waals surface area contributed by atoms with Crippen LogP contribution in [0, 0.1) is 0 Å². The lowest BCUT2D eigenvalue weighted by molar-refractivity contribution is -0.174. The van der Waals surface area contributed by atoms with E-state index in [1.165, 1.54) is 20.8 Å². The molecule has 0 saturated heterocycles. The Labute approximate surface area is 159 Å². The third-order valence-corrected chi connectivity index (χ3v) is 3.51. The molecule has 0 aliphatic carbocycles. The van der Waals surface area contributed by atoms with Crippen LogP contribution in [0.3, 0.4) is 0 Å². The Morgan fingerprint density at radius 2 is 1.52 bits per heavy atom. The summed E-state index contributed by atoms with van der Waals surface area (Å²) in [4.78, 5) is 36.2. The molecule has 2 amide bonds. The van der Waals surface area contributed by atoms with Crippen molar-refractivity contribution in [1.29, 1.82) is 0 Å². The van der Waals surface area contributed by atoms with Crippen molar-refractivity contribution >= 4 is 18.0 Å². The van der Waals surface area contributed by atoms with Gasteiger partial charge in [0.2, 0.25) is 11.6 Å². The van der Waals surface area contributed by atoms with Crippen molar-refractivity contribution in [2.24, 2.45) is 0 Å². The average Bonchev–Trinajstić information content (AvgIpc) is 2.51. The molecule has 1 atom stereocenters. The fourth-order valence-electron chi connectivity index (χ4n) is 1.94. The SMILES string of the molecule is CC(C)(C)OC(=O)NC(C)(C)C(=O)NC(C)(OCc1ccccc1)C(=O)O. The zero-order valence-electron chi connectivity index (χ0n) is 16.6. The molecule has 1 aromatic rings. The Hall–Kier alpha value is -2.61. The molecule has 0 bridgehead atoms. The predicted molar refractivity (Wildman–Crippen MR) is 98.9 cm³/mol. The fourth-order valence-corrected chi connectivity index (χ4v) is 1.94. The number of carbonyl (C=O) groups excluding carboxylic acids is 2. The van der Waals surface area contributed by atoms with E-state index in [0.29, 0.717) is 0 Å². The van der Waals surface area contributed by atoms with Crippen LogP contribution >= 0.6 is 0 Å². The molecule has 8 nitrogen and oxygen atoms in total. The molecule has 1 rings (SSSR count). The van der Waals surface area contributed by atoms with Gasteiger partial charge in [0.25, 0.3) is 0 Å². The van der Waals surface area contributed by atoms with E-state index in [1.54, 1.807) is 45.0 Å². The molecule has 0 radical (unpaired) electrons. The van der Waals surface area contributed by atoms with Crippen LogP contribution in [0.15, 0.2) is 30.3 Å². The van der Waals surface area contributed by atoms with Gasteiger partial charge in [-0.25, -0.2) is 9.59 Å². The minimum Gasteiger partial charge on any atom is -0.478 e. The van der Waals surface area contributed by atoms with Crippen molar-refractivity contribution in [1.82, 2.24) is 10.6 Å². The Morgan fingerprint density at radius 3 is 2.00 bits per heavy atom. The first-order valence-electron chi connectivity index (χ1n) is 8.50. The van der Waals surface area contributed by atoms with E-state index in [1.807, 2.05) is 6.07 Å². The zero-order valence-corrected chi connectivity index (χ0v) is 16.6. The molecule has 27 heavy (non-hydrogen) atoms. The number of amides is 2. The Balaban J connectivity index is 2.80. The molecular weight excluding hydrogens is 352 g/mol. The quantitative estimate of drug-likeness (QED) is 0.626. The van der Waals surface area contributed by atoms with Gasteiger partial charge in [-0.15, -0.1) is 0 Å². The summed E-state index contributed by atoms with van der Waals surface area (Å²) in [6.45, 7) is 9.18. The highest BCUT2D eigenvalue weighted by atomic mass is 16.6. The third kappa shape index (κ3) is 7.26. The highest BCUT2D eigenvalue weighted by molar-refractivity contribution is 5.92. The first-order valence-corrected chi connectivity index (χ1v) is 8.50. The molecule has 150 valence electrons. The second-order valence-electron chi connectivity index (χ2n) is 7.82. The molecule has 3 N–H and O–H groups in total. The van der Waals surface area contributed by atoms with Gasteiger partial charge in [0, 0.05) is 0 Å². The maximum atomic E-state index is 12.6. The minimum atomic E-state index is -1.97. The number of ether oxygens (including phenoxy) is 2. The lowest BCUT2D eigenvalue weighted by Gasteiger charge is -2.32. The Kier molecular flexibility index (Phi) is 6.97. The standard InChI is InChI=1S/C19H28N2O6/c1-17(2,3)27-16(25)21-18(4,5)14(22)20-19(6,15(23)24)26-12-13-10-8-7-9-11-13/h7-11H,12H2,1-6H3,(H,20,22)(H,21,25)(H,23,24). The van der Waals surface area contributed by atoms with Gasteiger partial charge in [-0.1, -0.05) is 30.3 Å². The van der Waals surface area contributed by atoms with Gasteiger partial charge in [-0.2, -0.15) is 0 Å². The van der Waals surface area contributed by atoms with Gasteiger partial charge in [-0.3, -0.25) is 4.79 Å². The van der Waals surface area contributed by atoms with Crippen molar-refractivity contribution in [3.05, 3.63) is 35.9 Å². The van der Waals surface area contributed by atoms with Crippen LogP contribution in [0.25, 0.3) is 0 Å². The summed E-state index contributed by atoms with van der Waals surface area (Å²) in [5, 5.41) is 14.3. The second-order valence-corrected chi connectivity index (χ2v) is 7.82. The first-order chi connectivity index (χ1) is 12.3. The van der Waals surface area contributed by atoms with Gasteiger partial charge in [-0.05, 0) is 47.1 Å². The molecule has 0 aliphatic heterocycles. The lowest BCUT2D eigenvalue weighted by atomic mass is 10.0. The van der Waals surface area contributed by atoms with E-state index in [0.717, 1.165) is 5.56 Å². The van der Waals surface area contributed by atoms with E-state index in [2.05, 4.69) is 10.6 Å². The van der Waals surface area contributed by atoms with Crippen molar-refractivity contribution in [2.45, 2.75) is 65.0 Å². The number of carboxylic acids is 1. The minimum absolute atomic E-state index is 0.0101. The number of nitrogens with one attached hydrogen (secondary N) is 2. The third-order valence-electron chi connectivity index (χ3n) is 3.51. The molecule has 0 aliphatic rings. The first kappa shape index (κ1) is 22.4. The Morgan fingerprint density at radius 1 is 0.963 bits per heavy atom. The van der Waals surface area contributed by atoms with E-state index >= 15 is 0 Å². The number of carboxylic acid groups (broad SMARTS) is 1. The number of benzene rings is 1. The van der Waals surface area contributed by atoms with Crippen LogP contribution in [0.4, 0.5) is 4.79 Å². The second kappa shape index (κ2) is 8.39. The van der Waals surface area contributed by atoms with Crippen LogP contribution in [-0.2, 0) is 25.7 Å². The van der Waals surface area contributed by atoms with E-state index in [4.69, 9.17) is 9.47 Å². The largest absolute Gasteiger partial charge is 0.478 e. The number of aliphatic carboxylic acids is 1. The van der Waals surface area contributed by atoms with E-state index in [-0.39, 0.29) is 6.61 Å². The number of carbonyl (C=O) groups is 3. The smallest absolute Gasteiger partial charge is 0.408 e. The molecule has 0 aromatic heterocycles. The van der Waals surface area contributed by atoms with Crippen LogP contribution in [0.5, 0.6) is 0 Å². The summed E-state index contributed by atoms with van der Waals surface area (Å²) in [6.07, 6.45) is -0.787. The summed E-state index contributed by atoms with van der Waals surface area (Å²) < 4.78 is 10.6. The lowest BCUT2D eigenvalue weighted by Crippen LogP contribution is -2.63. The molecule has 0 heterocycles. The van der Waals surface area contributed by atoms with E-state index < -0.39 is 34.8 Å². The fraction of sp³-hybridized carbons (Fsp3) is 0.526. The zero-order chi connectivity index (χ0) is 20.9. The van der Waals surface area contributed by atoms with Crippen LogP contribution in [-0.4, -0.2) is 39.9 Å². The molecule has 1 unspecified atom stereocenters. The number of hydrogen-bond acceptors (Lipinski definition) is 5. The summed E-state index contributed by atoms with van der Waals surface area (Å²) >= 11 is 0. The molecular formula is C19H28N2O6. The van der Waals surface area contributed by atoms with Gasteiger partial charge >= 0.3 is 12.1 Å². The highest BCUT2D eigenvalue weighted by Gasteiger charge is 2.41. The van der Waals surface area contributed by atoms with E-state index in [9.17, 15) is 19.5 Å². The summed E-state index contributed by atoms with van der Waals surface area (Å²) in [6, 6.07) is 8.97. The van der Waals surface area contributed by atoms with Gasteiger partial charge in [0.1, 0.15) is 11.1 Å². The van der Waals surface area contributed by atoms with Crippen molar-refractivity contribution in [3.8, 4) is 0 Å². The molecule has 0 spiro atoms. The monoisotopic (exact) mass is 380 g/mol. The molecule has 8 heteroatoms. The number of alkyl carbamates (subject to hydrolysis) is 1. The van der Waals surface area contributed by atoms with Crippen molar-refractivity contribution < 1.29 is 29.0 Å². The Bertz CT molecular complexity index is 681. The molecule has 0 saturated carbocycles. The van der Waals surface area contributed by atoms with Crippen molar-refractivity contribution in [3.63, 3.8) is 0 Å². The number of rotatable bonds is 7. The summed E-state index contributed by atoms with van der Waals surface area (Å²) in [5.41, 5.74) is -3.37. The topological polar surface area (TPSA) is 114 Å². The van der Waals surface area contributed by atoms with Crippen molar-refractivity contribution in [2.75, 3.05) is 0 Å². The maximum Gasteiger partial charge on any atom is 0.408 e. The molecule has 1 aromatic carbocycles. The van der Waals surface area contributed by atoms with Crippen LogP contribution in [0.1, 0.15) is 47.1 Å². The summed E-state index contributed by atoms with van der Waals surface area (Å²) in [7, 11) is 0. The van der Waals surface area contributed by atoms with Gasteiger partial charge in [0.05, 0.1) is 6.61 Å². The maximum absolute atomic E-state index is 12.6. The predicted octanol–water partition coefficient (Wildman–Crippen LogP) is 2.42. The van der Waals surface area contributed by atoms with Gasteiger partial charge in [0.15, 0.2) is 0 Å². The summed E-state index contributed by atoms with van der Waals surface area (Å²) in [5.74, 6) is -2.09. The van der Waals surface area contributed by atoms with Crippen LogP contribution in [0.2, 0.25) is 0 Å². The van der Waals surface area contributed by atoms with Gasteiger partial charge < -0.3 is 25.2 Å². The normalized spacial score (nSPS) is 14.0. The van der Waals surface area contributed by atoms with Crippen LogP contribution < -0.4 is 10.6 Å². The highest BCUT2D eigenvalue weighted by Crippen LogP contribution is 2.15. The number of hydrogen-bond donors (Lipinski definition) is 3. The molecule has 0 fully saturated rings.